The second-order valence-electron chi connectivity index (χ2n) is 6.07. The second-order valence-corrected chi connectivity index (χ2v) is 6.07. The number of hydrogen-bond donors (Lipinski definition) is 1. The van der Waals surface area contributed by atoms with Crippen LogP contribution in [0.4, 0.5) is 13.2 Å². The molecule has 1 aromatic rings. The van der Waals surface area contributed by atoms with Gasteiger partial charge in [-0.2, -0.15) is 0 Å². The van der Waals surface area contributed by atoms with Crippen LogP contribution in [0.15, 0.2) is 12.1 Å². The van der Waals surface area contributed by atoms with Crippen molar-refractivity contribution >= 4 is 11.8 Å². The Morgan fingerprint density at radius 3 is 2.26 bits per heavy atom. The molecule has 3 rings (SSSR count). The lowest BCUT2D eigenvalue weighted by Gasteiger charge is -2.32. The summed E-state index contributed by atoms with van der Waals surface area (Å²) in [6, 6.07) is 1.70. The van der Waals surface area contributed by atoms with Gasteiger partial charge in [0.15, 0.2) is 17.5 Å². The van der Waals surface area contributed by atoms with E-state index in [9.17, 15) is 22.8 Å². The van der Waals surface area contributed by atoms with E-state index >= 15 is 0 Å². The van der Waals surface area contributed by atoms with Gasteiger partial charge >= 0.3 is 0 Å². The number of hydrogen-bond acceptors (Lipinski definition) is 2. The van der Waals surface area contributed by atoms with E-state index in [0.717, 1.165) is 25.0 Å². The zero-order valence-electron chi connectivity index (χ0n) is 12.4. The van der Waals surface area contributed by atoms with Gasteiger partial charge in [-0.15, -0.1) is 0 Å². The molecule has 0 aromatic heterocycles. The Hall–Kier alpha value is -2.05. The number of amides is 2. The molecule has 1 heterocycles. The maximum atomic E-state index is 13.7. The van der Waals surface area contributed by atoms with E-state index in [1.54, 1.807) is 0 Å². The van der Waals surface area contributed by atoms with E-state index in [-0.39, 0.29) is 17.9 Å². The average molecular weight is 326 g/mol. The van der Waals surface area contributed by atoms with Crippen LogP contribution in [-0.2, 0) is 4.79 Å². The Bertz CT molecular complexity index is 638. The molecule has 0 radical (unpaired) electrons. The number of carbonyl (C=O) groups is 2. The first-order valence-corrected chi connectivity index (χ1v) is 7.70. The standard InChI is InChI=1S/C16H17F3N2O2/c17-12-4-3-11(13(18)14(12)19)16(23)21-7-5-10(6-8-21)20-15(22)9-1-2-9/h3-4,9-10H,1-2,5-8H2,(H,20,22). The number of piperidine rings is 1. The average Bonchev–Trinajstić information content (AvgIpc) is 3.38. The minimum absolute atomic E-state index is 0.00181. The maximum Gasteiger partial charge on any atom is 0.256 e. The van der Waals surface area contributed by atoms with Crippen molar-refractivity contribution in [3.8, 4) is 0 Å². The van der Waals surface area contributed by atoms with Crippen LogP contribution in [0.5, 0.6) is 0 Å². The topological polar surface area (TPSA) is 49.4 Å². The SMILES string of the molecule is O=C(NC1CCN(C(=O)c2ccc(F)c(F)c2F)CC1)C1CC1. The molecule has 2 fully saturated rings. The normalized spacial score (nSPS) is 18.8. The Kier molecular flexibility index (Phi) is 4.28. The lowest BCUT2D eigenvalue weighted by Crippen LogP contribution is -2.47. The third-order valence-electron chi connectivity index (χ3n) is 4.34. The van der Waals surface area contributed by atoms with Gasteiger partial charge in [-0.3, -0.25) is 9.59 Å². The van der Waals surface area contributed by atoms with Crippen LogP contribution in [0, 0.1) is 23.4 Å². The first kappa shape index (κ1) is 15.8. The third kappa shape index (κ3) is 3.33. The fraction of sp³-hybridized carbons (Fsp3) is 0.500. The molecule has 7 heteroatoms. The van der Waals surface area contributed by atoms with Gasteiger partial charge < -0.3 is 10.2 Å². The number of likely N-dealkylation sites (tertiary alicyclic amines) is 1. The molecule has 0 bridgehead atoms. The van der Waals surface area contributed by atoms with Crippen molar-refractivity contribution in [2.45, 2.75) is 31.7 Å². The van der Waals surface area contributed by atoms with Crippen LogP contribution >= 0.6 is 0 Å². The van der Waals surface area contributed by atoms with Crippen molar-refractivity contribution in [3.63, 3.8) is 0 Å². The van der Waals surface area contributed by atoms with Crippen molar-refractivity contribution in [2.75, 3.05) is 13.1 Å². The minimum atomic E-state index is -1.64. The molecule has 2 aliphatic rings. The maximum absolute atomic E-state index is 13.7. The molecule has 0 unspecified atom stereocenters. The number of rotatable bonds is 3. The van der Waals surface area contributed by atoms with Gasteiger partial charge in [0.05, 0.1) is 5.56 Å². The fourth-order valence-electron chi connectivity index (χ4n) is 2.75. The molecule has 2 amide bonds. The third-order valence-corrected chi connectivity index (χ3v) is 4.34. The summed E-state index contributed by atoms with van der Waals surface area (Å²) in [5.41, 5.74) is -0.468. The summed E-state index contributed by atoms with van der Waals surface area (Å²) in [6.45, 7) is 0.680. The highest BCUT2D eigenvalue weighted by molar-refractivity contribution is 5.94. The van der Waals surface area contributed by atoms with E-state index in [4.69, 9.17) is 0 Å². The van der Waals surface area contributed by atoms with Gasteiger partial charge in [0.2, 0.25) is 5.91 Å². The summed E-state index contributed by atoms with van der Waals surface area (Å²) in [7, 11) is 0. The van der Waals surface area contributed by atoms with Gasteiger partial charge in [-0.1, -0.05) is 0 Å². The first-order valence-electron chi connectivity index (χ1n) is 7.70. The van der Waals surface area contributed by atoms with Crippen molar-refractivity contribution in [2.24, 2.45) is 5.92 Å². The summed E-state index contributed by atoms with van der Waals surface area (Å²) >= 11 is 0. The lowest BCUT2D eigenvalue weighted by atomic mass is 10.0. The Balaban J connectivity index is 1.60. The molecular weight excluding hydrogens is 309 g/mol. The van der Waals surface area contributed by atoms with Crippen LogP contribution < -0.4 is 5.32 Å². The summed E-state index contributed by atoms with van der Waals surface area (Å²) in [4.78, 5) is 25.3. The van der Waals surface area contributed by atoms with E-state index in [1.807, 2.05) is 0 Å². The predicted octanol–water partition coefficient (Wildman–Crippen LogP) is 2.23. The molecular formula is C16H17F3N2O2. The van der Waals surface area contributed by atoms with Crippen molar-refractivity contribution in [1.29, 1.82) is 0 Å². The molecule has 1 N–H and O–H groups in total. The van der Waals surface area contributed by atoms with E-state index in [0.29, 0.717) is 25.9 Å². The largest absolute Gasteiger partial charge is 0.353 e. The van der Waals surface area contributed by atoms with Gasteiger partial charge in [0.25, 0.3) is 5.91 Å². The molecule has 1 aromatic carbocycles. The van der Waals surface area contributed by atoms with Gasteiger partial charge in [-0.05, 0) is 37.8 Å². The Morgan fingerprint density at radius 2 is 1.65 bits per heavy atom. The Labute approximate surface area is 131 Å². The number of benzene rings is 1. The summed E-state index contributed by atoms with van der Waals surface area (Å²) < 4.78 is 39.9. The number of nitrogens with zero attached hydrogens (tertiary/aromatic N) is 1. The molecule has 0 spiro atoms. The number of halogens is 3. The molecule has 4 nitrogen and oxygen atoms in total. The monoisotopic (exact) mass is 326 g/mol. The van der Waals surface area contributed by atoms with Crippen LogP contribution in [-0.4, -0.2) is 35.8 Å². The van der Waals surface area contributed by atoms with Crippen LogP contribution in [0.3, 0.4) is 0 Å². The molecule has 1 saturated heterocycles. The van der Waals surface area contributed by atoms with Gasteiger partial charge in [-0.25, -0.2) is 13.2 Å². The smallest absolute Gasteiger partial charge is 0.256 e. The highest BCUT2D eigenvalue weighted by Gasteiger charge is 2.33. The van der Waals surface area contributed by atoms with E-state index in [1.165, 1.54) is 4.90 Å². The molecule has 124 valence electrons. The van der Waals surface area contributed by atoms with Crippen LogP contribution in [0.25, 0.3) is 0 Å². The fourth-order valence-corrected chi connectivity index (χ4v) is 2.75. The zero-order chi connectivity index (χ0) is 16.6. The molecule has 1 aliphatic heterocycles. The van der Waals surface area contributed by atoms with Gasteiger partial charge in [0.1, 0.15) is 0 Å². The predicted molar refractivity (Wildman–Crippen MR) is 76.1 cm³/mol. The number of nitrogens with one attached hydrogen (secondary N) is 1. The van der Waals surface area contributed by atoms with Crippen molar-refractivity contribution < 1.29 is 22.8 Å². The zero-order valence-corrected chi connectivity index (χ0v) is 12.4. The highest BCUT2D eigenvalue weighted by Crippen LogP contribution is 2.29. The summed E-state index contributed by atoms with van der Waals surface area (Å²) in [6.07, 6.45) is 2.99. The Morgan fingerprint density at radius 1 is 1.00 bits per heavy atom. The molecule has 1 aliphatic carbocycles. The molecule has 0 atom stereocenters. The quantitative estimate of drug-likeness (QED) is 0.866. The summed E-state index contributed by atoms with van der Waals surface area (Å²) in [5, 5.41) is 2.95. The number of carbonyl (C=O) groups excluding carboxylic acids is 2. The second kappa shape index (κ2) is 6.22. The first-order chi connectivity index (χ1) is 11.0. The van der Waals surface area contributed by atoms with Gasteiger partial charge in [0, 0.05) is 25.0 Å². The minimum Gasteiger partial charge on any atom is -0.353 e. The molecule has 23 heavy (non-hydrogen) atoms. The highest BCUT2D eigenvalue weighted by atomic mass is 19.2. The van der Waals surface area contributed by atoms with Crippen LogP contribution in [0.2, 0.25) is 0 Å². The van der Waals surface area contributed by atoms with Crippen LogP contribution in [0.1, 0.15) is 36.0 Å². The summed E-state index contributed by atoms with van der Waals surface area (Å²) in [5.74, 6) is -4.89. The van der Waals surface area contributed by atoms with E-state index < -0.39 is 28.9 Å². The lowest BCUT2D eigenvalue weighted by molar-refractivity contribution is -0.123. The molecule has 1 saturated carbocycles. The van der Waals surface area contributed by atoms with Crippen molar-refractivity contribution in [3.05, 3.63) is 35.1 Å². The van der Waals surface area contributed by atoms with E-state index in [2.05, 4.69) is 5.32 Å². The van der Waals surface area contributed by atoms with Crippen molar-refractivity contribution in [1.82, 2.24) is 10.2 Å².